The van der Waals surface area contributed by atoms with Gasteiger partial charge in [0.05, 0.1) is 0 Å². The largest absolute Gasteiger partial charge is 0.383 e. The molecule has 0 spiro atoms. The fourth-order valence-corrected chi connectivity index (χ4v) is 3.13. The highest BCUT2D eigenvalue weighted by molar-refractivity contribution is 7.12. The maximum absolute atomic E-state index is 10.5. The second-order valence-electron chi connectivity index (χ2n) is 5.95. The van der Waals surface area contributed by atoms with Crippen molar-refractivity contribution in [3.63, 3.8) is 0 Å². The quantitative estimate of drug-likeness (QED) is 0.861. The normalized spacial score (nSPS) is 13.5. The molecule has 1 heterocycles. The molecule has 1 nitrogen and oxygen atoms in total. The number of aryl methyl sites for hydroxylation is 1. The summed E-state index contributed by atoms with van der Waals surface area (Å²) in [6, 6.07) is 12.4. The fourth-order valence-electron chi connectivity index (χ4n) is 2.05. The van der Waals surface area contributed by atoms with Gasteiger partial charge in [-0.2, -0.15) is 0 Å². The molecule has 0 radical (unpaired) electrons. The first kappa shape index (κ1) is 14.3. The zero-order valence-electron chi connectivity index (χ0n) is 12.1. The zero-order valence-corrected chi connectivity index (χ0v) is 12.9. The van der Waals surface area contributed by atoms with Gasteiger partial charge in [0.1, 0.15) is 6.10 Å². The van der Waals surface area contributed by atoms with E-state index in [-0.39, 0.29) is 5.41 Å². The molecule has 0 saturated carbocycles. The van der Waals surface area contributed by atoms with Crippen molar-refractivity contribution in [3.05, 3.63) is 57.3 Å². The molecule has 2 heteroatoms. The minimum absolute atomic E-state index is 0.147. The Morgan fingerprint density at radius 3 is 2.47 bits per heavy atom. The molecular weight excluding hydrogens is 252 g/mol. The lowest BCUT2D eigenvalue weighted by Gasteiger charge is -2.16. The second kappa shape index (κ2) is 5.48. The molecule has 1 aromatic heterocycles. The van der Waals surface area contributed by atoms with Crippen molar-refractivity contribution >= 4 is 11.3 Å². The van der Waals surface area contributed by atoms with Crippen molar-refractivity contribution in [2.45, 2.75) is 45.6 Å². The van der Waals surface area contributed by atoms with E-state index in [0.29, 0.717) is 0 Å². The number of aliphatic hydroxyl groups excluding tert-OH is 1. The van der Waals surface area contributed by atoms with Crippen molar-refractivity contribution in [1.29, 1.82) is 0 Å². The topological polar surface area (TPSA) is 20.2 Å². The van der Waals surface area contributed by atoms with Crippen molar-refractivity contribution < 1.29 is 5.11 Å². The van der Waals surface area contributed by atoms with Crippen LogP contribution in [-0.4, -0.2) is 5.11 Å². The highest BCUT2D eigenvalue weighted by Gasteiger charge is 2.19. The average molecular weight is 274 g/mol. The van der Waals surface area contributed by atoms with Gasteiger partial charge in [0.25, 0.3) is 0 Å². The molecule has 0 aliphatic heterocycles. The van der Waals surface area contributed by atoms with E-state index in [0.717, 1.165) is 16.9 Å². The standard InChI is InChI=1S/C17H22OS/c1-5-12-7-6-8-13(11-12)16(18)14-9-10-15(19-14)17(2,3)4/h6-11,16,18H,5H2,1-4H3. The van der Waals surface area contributed by atoms with Crippen LogP contribution in [0.2, 0.25) is 0 Å². The Balaban J connectivity index is 2.28. The lowest BCUT2D eigenvalue weighted by molar-refractivity contribution is 0.224. The van der Waals surface area contributed by atoms with Crippen LogP contribution in [0.5, 0.6) is 0 Å². The zero-order chi connectivity index (χ0) is 14.0. The van der Waals surface area contributed by atoms with Crippen LogP contribution in [0.25, 0.3) is 0 Å². The Bertz CT molecular complexity index is 548. The van der Waals surface area contributed by atoms with Crippen molar-refractivity contribution in [3.8, 4) is 0 Å². The predicted octanol–water partition coefficient (Wildman–Crippen LogP) is 4.69. The van der Waals surface area contributed by atoms with E-state index in [2.05, 4.69) is 52.0 Å². The third kappa shape index (κ3) is 3.26. The minimum atomic E-state index is -0.507. The molecular formula is C17H22OS. The Labute approximate surface area is 119 Å². The molecule has 0 aliphatic rings. The number of aliphatic hydroxyl groups is 1. The van der Waals surface area contributed by atoms with Gasteiger partial charge in [-0.3, -0.25) is 0 Å². The van der Waals surface area contributed by atoms with Crippen molar-refractivity contribution in [1.82, 2.24) is 0 Å². The summed E-state index contributed by atoms with van der Waals surface area (Å²) in [5.41, 5.74) is 2.40. The maximum atomic E-state index is 10.5. The summed E-state index contributed by atoms with van der Waals surface area (Å²) >= 11 is 1.71. The van der Waals surface area contributed by atoms with Crippen LogP contribution in [0.4, 0.5) is 0 Å². The van der Waals surface area contributed by atoms with E-state index >= 15 is 0 Å². The Morgan fingerprint density at radius 2 is 1.89 bits per heavy atom. The van der Waals surface area contributed by atoms with Crippen LogP contribution in [0.1, 0.15) is 54.7 Å². The SMILES string of the molecule is CCc1cccc(C(O)c2ccc(C(C)(C)C)s2)c1. The van der Waals surface area contributed by atoms with E-state index in [1.807, 2.05) is 12.1 Å². The molecule has 1 atom stereocenters. The summed E-state index contributed by atoms with van der Waals surface area (Å²) in [5, 5.41) is 10.5. The number of rotatable bonds is 3. The third-order valence-electron chi connectivity index (χ3n) is 3.31. The predicted molar refractivity (Wildman–Crippen MR) is 82.9 cm³/mol. The summed E-state index contributed by atoms with van der Waals surface area (Å²) in [6.07, 6.45) is 0.491. The van der Waals surface area contributed by atoms with Crippen LogP contribution in [0.15, 0.2) is 36.4 Å². The highest BCUT2D eigenvalue weighted by Crippen LogP contribution is 2.34. The van der Waals surface area contributed by atoms with Crippen LogP contribution < -0.4 is 0 Å². The lowest BCUT2D eigenvalue weighted by atomic mass is 9.95. The summed E-state index contributed by atoms with van der Waals surface area (Å²) in [7, 11) is 0. The Morgan fingerprint density at radius 1 is 1.16 bits per heavy atom. The van der Waals surface area contributed by atoms with Gasteiger partial charge in [-0.05, 0) is 35.1 Å². The molecule has 0 saturated heterocycles. The van der Waals surface area contributed by atoms with Gasteiger partial charge in [0.15, 0.2) is 0 Å². The van der Waals surface area contributed by atoms with Crippen LogP contribution >= 0.6 is 11.3 Å². The molecule has 0 amide bonds. The Hall–Kier alpha value is -1.12. The molecule has 102 valence electrons. The first-order valence-corrected chi connectivity index (χ1v) is 7.60. The van der Waals surface area contributed by atoms with Gasteiger partial charge in [0.2, 0.25) is 0 Å². The molecule has 0 aliphatic carbocycles. The van der Waals surface area contributed by atoms with Gasteiger partial charge in [-0.15, -0.1) is 11.3 Å². The third-order valence-corrected chi connectivity index (χ3v) is 4.87. The molecule has 1 N–H and O–H groups in total. The molecule has 1 unspecified atom stereocenters. The van der Waals surface area contributed by atoms with E-state index in [4.69, 9.17) is 0 Å². The molecule has 0 fully saturated rings. The van der Waals surface area contributed by atoms with Gasteiger partial charge in [-0.25, -0.2) is 0 Å². The highest BCUT2D eigenvalue weighted by atomic mass is 32.1. The smallest absolute Gasteiger partial charge is 0.113 e. The van der Waals surface area contributed by atoms with E-state index in [9.17, 15) is 5.11 Å². The number of benzene rings is 1. The summed E-state index contributed by atoms with van der Waals surface area (Å²) in [6.45, 7) is 8.74. The van der Waals surface area contributed by atoms with Gasteiger partial charge < -0.3 is 5.11 Å². The van der Waals surface area contributed by atoms with Gasteiger partial charge in [0, 0.05) is 9.75 Å². The molecule has 1 aromatic carbocycles. The lowest BCUT2D eigenvalue weighted by Crippen LogP contribution is -2.07. The maximum Gasteiger partial charge on any atom is 0.113 e. The van der Waals surface area contributed by atoms with Crippen LogP contribution in [0, 0.1) is 0 Å². The first-order valence-electron chi connectivity index (χ1n) is 6.79. The fraction of sp³-hybridized carbons (Fsp3) is 0.412. The van der Waals surface area contributed by atoms with Crippen LogP contribution in [-0.2, 0) is 11.8 Å². The van der Waals surface area contributed by atoms with Crippen molar-refractivity contribution in [2.24, 2.45) is 0 Å². The number of hydrogen-bond donors (Lipinski definition) is 1. The summed E-state index contributed by atoms with van der Waals surface area (Å²) in [5.74, 6) is 0. The van der Waals surface area contributed by atoms with Crippen LogP contribution in [0.3, 0.4) is 0 Å². The minimum Gasteiger partial charge on any atom is -0.383 e. The number of hydrogen-bond acceptors (Lipinski definition) is 2. The molecule has 2 aromatic rings. The van der Waals surface area contributed by atoms with E-state index < -0.39 is 6.10 Å². The molecule has 19 heavy (non-hydrogen) atoms. The summed E-state index contributed by atoms with van der Waals surface area (Å²) < 4.78 is 0. The Kier molecular flexibility index (Phi) is 4.12. The molecule has 0 bridgehead atoms. The second-order valence-corrected chi connectivity index (χ2v) is 7.07. The molecule has 2 rings (SSSR count). The van der Waals surface area contributed by atoms with Crippen molar-refractivity contribution in [2.75, 3.05) is 0 Å². The van der Waals surface area contributed by atoms with Gasteiger partial charge in [-0.1, -0.05) is 52.0 Å². The van der Waals surface area contributed by atoms with E-state index in [1.54, 1.807) is 11.3 Å². The monoisotopic (exact) mass is 274 g/mol. The average Bonchev–Trinajstić information content (AvgIpc) is 2.87. The number of thiophene rings is 1. The first-order chi connectivity index (χ1) is 8.91. The summed E-state index contributed by atoms with van der Waals surface area (Å²) in [4.78, 5) is 2.34. The van der Waals surface area contributed by atoms with E-state index in [1.165, 1.54) is 10.4 Å². The van der Waals surface area contributed by atoms with Gasteiger partial charge >= 0.3 is 0 Å².